The molecule has 0 radical (unpaired) electrons. The molecule has 1 rings (SSSR count). The summed E-state index contributed by atoms with van der Waals surface area (Å²) in [6.45, 7) is 0.638. The van der Waals surface area contributed by atoms with E-state index in [0.29, 0.717) is 12.2 Å². The lowest BCUT2D eigenvalue weighted by Gasteiger charge is -2.02. The van der Waals surface area contributed by atoms with E-state index in [4.69, 9.17) is 0 Å². The van der Waals surface area contributed by atoms with Crippen LogP contribution in [0, 0.1) is 0 Å². The number of hydrogen-bond donors (Lipinski definition) is 2. The van der Waals surface area contributed by atoms with E-state index in [0.717, 1.165) is 10.8 Å². The molecule has 0 aliphatic carbocycles. The molecular weight excluding hydrogens is 295 g/mol. The van der Waals surface area contributed by atoms with Gasteiger partial charge in [-0.1, -0.05) is 28.7 Å². The number of alkyl halides is 1. The highest BCUT2D eigenvalue weighted by atomic mass is 127. The van der Waals surface area contributed by atoms with Crippen molar-refractivity contribution in [2.45, 2.75) is 6.42 Å². The number of amides is 1. The van der Waals surface area contributed by atoms with Crippen LogP contribution in [0.15, 0.2) is 23.0 Å². The second-order valence-electron chi connectivity index (χ2n) is 2.73. The van der Waals surface area contributed by atoms with E-state index in [1.165, 1.54) is 6.07 Å². The zero-order valence-corrected chi connectivity index (χ0v) is 9.71. The summed E-state index contributed by atoms with van der Waals surface area (Å²) in [4.78, 5) is 24.7. The van der Waals surface area contributed by atoms with Crippen molar-refractivity contribution in [2.75, 3.05) is 11.0 Å². The number of pyridine rings is 1. The Hall–Kier alpha value is -0.850. The lowest BCUT2D eigenvalue weighted by Crippen LogP contribution is -2.27. The second-order valence-corrected chi connectivity index (χ2v) is 3.81. The maximum atomic E-state index is 11.4. The Labute approximate surface area is 95.2 Å². The van der Waals surface area contributed by atoms with Crippen LogP contribution in [0.4, 0.5) is 0 Å². The number of aromatic amines is 1. The quantitative estimate of drug-likeness (QED) is 0.494. The van der Waals surface area contributed by atoms with Crippen molar-refractivity contribution in [1.82, 2.24) is 10.3 Å². The van der Waals surface area contributed by atoms with Crippen LogP contribution in [0.1, 0.15) is 16.9 Å². The summed E-state index contributed by atoms with van der Waals surface area (Å²) in [5.41, 5.74) is 0.0532. The van der Waals surface area contributed by atoms with Gasteiger partial charge in [-0.3, -0.25) is 9.59 Å². The minimum absolute atomic E-state index is 0.229. The van der Waals surface area contributed by atoms with E-state index in [-0.39, 0.29) is 11.5 Å². The van der Waals surface area contributed by atoms with Crippen molar-refractivity contribution >= 4 is 28.5 Å². The van der Waals surface area contributed by atoms with Gasteiger partial charge in [-0.2, -0.15) is 0 Å². The fraction of sp³-hybridized carbons (Fsp3) is 0.333. The van der Waals surface area contributed by atoms with Crippen molar-refractivity contribution in [1.29, 1.82) is 0 Å². The zero-order valence-electron chi connectivity index (χ0n) is 7.55. The Kier molecular flexibility index (Phi) is 4.64. The highest BCUT2D eigenvalue weighted by molar-refractivity contribution is 14.1. The standard InChI is InChI=1S/C9H11IN2O2/c10-5-2-6-11-9(14)7-3-1-4-8(13)12-7/h1,3-4H,2,5-6H2,(H,11,14)(H,12,13). The molecule has 1 aromatic heterocycles. The predicted octanol–water partition coefficient (Wildman–Crippen LogP) is 0.930. The largest absolute Gasteiger partial charge is 0.351 e. The SMILES string of the molecule is O=C(NCCCI)c1cccc(=O)[nH]1. The Morgan fingerprint density at radius 1 is 1.50 bits per heavy atom. The number of hydrogen-bond acceptors (Lipinski definition) is 2. The molecule has 2 N–H and O–H groups in total. The van der Waals surface area contributed by atoms with Crippen molar-refractivity contribution < 1.29 is 4.79 Å². The smallest absolute Gasteiger partial charge is 0.267 e. The van der Waals surface area contributed by atoms with Crippen LogP contribution in [0.25, 0.3) is 0 Å². The molecule has 1 aromatic rings. The highest BCUT2D eigenvalue weighted by Gasteiger charge is 2.03. The molecule has 0 aromatic carbocycles. The van der Waals surface area contributed by atoms with Gasteiger partial charge in [0.15, 0.2) is 0 Å². The molecule has 0 atom stereocenters. The summed E-state index contributed by atoms with van der Waals surface area (Å²) in [5.74, 6) is -0.229. The molecule has 14 heavy (non-hydrogen) atoms. The van der Waals surface area contributed by atoms with Crippen molar-refractivity contribution in [3.63, 3.8) is 0 Å². The molecule has 4 nitrogen and oxygen atoms in total. The number of rotatable bonds is 4. The third-order valence-electron chi connectivity index (χ3n) is 1.61. The number of H-pyrrole nitrogens is 1. The van der Waals surface area contributed by atoms with Gasteiger partial charge in [0, 0.05) is 17.0 Å². The molecule has 0 saturated carbocycles. The first kappa shape index (κ1) is 11.2. The van der Waals surface area contributed by atoms with Gasteiger partial charge in [0.05, 0.1) is 0 Å². The molecular formula is C9H11IN2O2. The molecule has 76 valence electrons. The highest BCUT2D eigenvalue weighted by Crippen LogP contribution is 1.91. The van der Waals surface area contributed by atoms with E-state index in [2.05, 4.69) is 32.9 Å². The Morgan fingerprint density at radius 3 is 2.93 bits per heavy atom. The van der Waals surface area contributed by atoms with E-state index >= 15 is 0 Å². The summed E-state index contributed by atoms with van der Waals surface area (Å²) >= 11 is 2.25. The maximum absolute atomic E-state index is 11.4. The molecule has 0 fully saturated rings. The summed E-state index contributed by atoms with van der Waals surface area (Å²) in [6.07, 6.45) is 0.934. The minimum atomic E-state index is -0.258. The minimum Gasteiger partial charge on any atom is -0.351 e. The van der Waals surface area contributed by atoms with Gasteiger partial charge in [0.25, 0.3) is 5.91 Å². The fourth-order valence-electron chi connectivity index (χ4n) is 0.944. The van der Waals surface area contributed by atoms with Gasteiger partial charge in [0.2, 0.25) is 5.56 Å². The summed E-state index contributed by atoms with van der Waals surface area (Å²) < 4.78 is 1.00. The number of nitrogens with one attached hydrogen (secondary N) is 2. The van der Waals surface area contributed by atoms with Crippen LogP contribution in [0.5, 0.6) is 0 Å². The first-order chi connectivity index (χ1) is 6.74. The first-order valence-corrected chi connectivity index (χ1v) is 5.80. The lowest BCUT2D eigenvalue weighted by atomic mass is 10.3. The van der Waals surface area contributed by atoms with Crippen LogP contribution in [0.3, 0.4) is 0 Å². The van der Waals surface area contributed by atoms with Gasteiger partial charge >= 0.3 is 0 Å². The average molecular weight is 306 g/mol. The molecule has 1 amide bonds. The van der Waals surface area contributed by atoms with Gasteiger partial charge in [-0.15, -0.1) is 0 Å². The summed E-state index contributed by atoms with van der Waals surface area (Å²) in [7, 11) is 0. The summed E-state index contributed by atoms with van der Waals surface area (Å²) in [6, 6.07) is 4.52. The molecule has 0 aliphatic heterocycles. The number of aromatic nitrogens is 1. The topological polar surface area (TPSA) is 62.0 Å². The lowest BCUT2D eigenvalue weighted by molar-refractivity contribution is 0.0948. The first-order valence-electron chi connectivity index (χ1n) is 4.27. The normalized spacial score (nSPS) is 9.79. The number of carbonyl (C=O) groups excluding carboxylic acids is 1. The number of carbonyl (C=O) groups is 1. The van der Waals surface area contributed by atoms with Gasteiger partial charge in [-0.05, 0) is 12.5 Å². The molecule has 1 heterocycles. The second kappa shape index (κ2) is 5.79. The molecule has 5 heteroatoms. The van der Waals surface area contributed by atoms with Crippen molar-refractivity contribution in [3.05, 3.63) is 34.2 Å². The fourth-order valence-corrected chi connectivity index (χ4v) is 1.33. The van der Waals surface area contributed by atoms with Crippen LogP contribution in [-0.2, 0) is 0 Å². The van der Waals surface area contributed by atoms with E-state index in [1.807, 2.05) is 0 Å². The molecule has 0 bridgehead atoms. The maximum Gasteiger partial charge on any atom is 0.267 e. The monoisotopic (exact) mass is 306 g/mol. The molecule has 0 spiro atoms. The molecule has 0 aliphatic rings. The van der Waals surface area contributed by atoms with Gasteiger partial charge in [-0.25, -0.2) is 0 Å². The van der Waals surface area contributed by atoms with E-state index in [9.17, 15) is 9.59 Å². The van der Waals surface area contributed by atoms with Crippen molar-refractivity contribution in [2.24, 2.45) is 0 Å². The van der Waals surface area contributed by atoms with Crippen LogP contribution in [0.2, 0.25) is 0 Å². The third kappa shape index (κ3) is 3.49. The zero-order chi connectivity index (χ0) is 10.4. The predicted molar refractivity (Wildman–Crippen MR) is 62.9 cm³/mol. The van der Waals surface area contributed by atoms with Crippen molar-refractivity contribution in [3.8, 4) is 0 Å². The van der Waals surface area contributed by atoms with Crippen LogP contribution >= 0.6 is 22.6 Å². The average Bonchev–Trinajstić information content (AvgIpc) is 2.18. The third-order valence-corrected chi connectivity index (χ3v) is 2.37. The van der Waals surface area contributed by atoms with Crippen LogP contribution in [-0.4, -0.2) is 21.9 Å². The van der Waals surface area contributed by atoms with E-state index in [1.54, 1.807) is 12.1 Å². The number of halogens is 1. The molecule has 0 saturated heterocycles. The van der Waals surface area contributed by atoms with Crippen LogP contribution < -0.4 is 10.9 Å². The van der Waals surface area contributed by atoms with E-state index < -0.39 is 0 Å². The Bertz CT molecular complexity index is 362. The summed E-state index contributed by atoms with van der Waals surface area (Å²) in [5, 5.41) is 2.71. The Balaban J connectivity index is 2.56. The van der Waals surface area contributed by atoms with Gasteiger partial charge < -0.3 is 10.3 Å². The Morgan fingerprint density at radius 2 is 2.29 bits per heavy atom. The van der Waals surface area contributed by atoms with Gasteiger partial charge in [0.1, 0.15) is 5.69 Å². The molecule has 0 unspecified atom stereocenters.